The van der Waals surface area contributed by atoms with Crippen LogP contribution in [0.2, 0.25) is 0 Å². The van der Waals surface area contributed by atoms with Crippen LogP contribution < -0.4 is 11.1 Å². The minimum Gasteiger partial charge on any atom is -0.385 e. The van der Waals surface area contributed by atoms with Gasteiger partial charge in [-0.3, -0.25) is 4.79 Å². The lowest BCUT2D eigenvalue weighted by atomic mass is 9.83. The maximum atomic E-state index is 12.0. The molecule has 0 aromatic rings. The van der Waals surface area contributed by atoms with Gasteiger partial charge >= 0.3 is 0 Å². The van der Waals surface area contributed by atoms with Gasteiger partial charge in [-0.05, 0) is 57.0 Å². The van der Waals surface area contributed by atoms with E-state index in [0.717, 1.165) is 50.2 Å². The highest BCUT2D eigenvalue weighted by molar-refractivity contribution is 7.99. The molecule has 0 radical (unpaired) electrons. The molecule has 1 aliphatic rings. The zero-order valence-corrected chi connectivity index (χ0v) is 13.9. The molecule has 1 saturated carbocycles. The Balaban J connectivity index is 2.43. The topological polar surface area (TPSA) is 64.3 Å². The van der Waals surface area contributed by atoms with E-state index in [-0.39, 0.29) is 11.9 Å². The molecule has 1 amide bonds. The van der Waals surface area contributed by atoms with Crippen molar-refractivity contribution in [3.63, 3.8) is 0 Å². The maximum absolute atomic E-state index is 12.0. The second-order valence-corrected chi connectivity index (χ2v) is 7.20. The van der Waals surface area contributed by atoms with Gasteiger partial charge in [0.15, 0.2) is 0 Å². The van der Waals surface area contributed by atoms with Gasteiger partial charge in [0.2, 0.25) is 5.91 Å². The number of methoxy groups -OCH3 is 1. The van der Waals surface area contributed by atoms with Gasteiger partial charge in [-0.15, -0.1) is 0 Å². The van der Waals surface area contributed by atoms with E-state index in [1.165, 1.54) is 0 Å². The Labute approximate surface area is 127 Å². The Morgan fingerprint density at radius 3 is 2.85 bits per heavy atom. The van der Waals surface area contributed by atoms with Crippen LogP contribution in [-0.2, 0) is 9.53 Å². The lowest BCUT2D eigenvalue weighted by Crippen LogP contribution is -2.60. The van der Waals surface area contributed by atoms with Gasteiger partial charge in [0.05, 0.1) is 0 Å². The van der Waals surface area contributed by atoms with Gasteiger partial charge in [-0.1, -0.05) is 6.42 Å². The highest BCUT2D eigenvalue weighted by Crippen LogP contribution is 2.39. The number of primary amides is 1. The molecule has 1 rings (SSSR count). The first kappa shape index (κ1) is 17.8. The molecular weight excluding hydrogens is 272 g/mol. The second-order valence-electron chi connectivity index (χ2n) is 5.97. The van der Waals surface area contributed by atoms with E-state index in [2.05, 4.69) is 19.2 Å². The van der Waals surface area contributed by atoms with Crippen molar-refractivity contribution in [3.8, 4) is 0 Å². The van der Waals surface area contributed by atoms with E-state index in [9.17, 15) is 4.79 Å². The van der Waals surface area contributed by atoms with Crippen LogP contribution >= 0.6 is 11.8 Å². The fraction of sp³-hybridized carbons (Fsp3) is 0.933. The summed E-state index contributed by atoms with van der Waals surface area (Å²) in [6, 6.07) is 0.289. The third-order valence-electron chi connectivity index (χ3n) is 4.05. The molecular formula is C15H30N2O2S. The molecule has 20 heavy (non-hydrogen) atoms. The molecule has 0 aromatic heterocycles. The largest absolute Gasteiger partial charge is 0.385 e. The first-order valence-corrected chi connectivity index (χ1v) is 8.82. The summed E-state index contributed by atoms with van der Waals surface area (Å²) in [5.41, 5.74) is 5.25. The number of nitrogens with one attached hydrogen (secondary N) is 1. The van der Waals surface area contributed by atoms with Gasteiger partial charge in [0, 0.05) is 19.8 Å². The summed E-state index contributed by atoms with van der Waals surface area (Å²) in [7, 11) is 1.74. The molecule has 2 atom stereocenters. The van der Waals surface area contributed by atoms with Crippen LogP contribution in [0.4, 0.5) is 0 Å². The molecule has 1 aliphatic carbocycles. The van der Waals surface area contributed by atoms with E-state index < -0.39 is 5.54 Å². The van der Waals surface area contributed by atoms with Crippen LogP contribution in [0.25, 0.3) is 0 Å². The van der Waals surface area contributed by atoms with Gasteiger partial charge in [-0.25, -0.2) is 0 Å². The molecule has 0 spiro atoms. The Kier molecular flexibility index (Phi) is 7.92. The average molecular weight is 302 g/mol. The van der Waals surface area contributed by atoms with E-state index >= 15 is 0 Å². The molecule has 1 fully saturated rings. The fourth-order valence-corrected chi connectivity index (χ4v) is 4.18. The summed E-state index contributed by atoms with van der Waals surface area (Å²) in [4.78, 5) is 12.0. The number of ether oxygens (including phenoxy) is 1. The number of thioether (sulfide) groups is 1. The highest BCUT2D eigenvalue weighted by atomic mass is 32.2. The normalized spacial score (nSPS) is 26.3. The number of hydrogen-bond donors (Lipinski definition) is 2. The van der Waals surface area contributed by atoms with Gasteiger partial charge in [0.25, 0.3) is 0 Å². The lowest BCUT2D eigenvalue weighted by molar-refractivity contribution is -0.126. The Hall–Kier alpha value is -0.260. The van der Waals surface area contributed by atoms with Crippen LogP contribution in [0.5, 0.6) is 0 Å². The summed E-state index contributed by atoms with van der Waals surface area (Å²) in [5.74, 6) is 2.45. The standard InChI is InChI=1S/C15H30N2O2S/c1-12(2)17-15(14(16)18)8-4-6-13(15)7-11-20-10-5-9-19-3/h12-13,17H,4-11H2,1-3H3,(H2,16,18). The third-order valence-corrected chi connectivity index (χ3v) is 5.16. The number of amides is 1. The molecule has 0 bridgehead atoms. The minimum atomic E-state index is -0.471. The average Bonchev–Trinajstić information content (AvgIpc) is 2.77. The predicted molar refractivity (Wildman–Crippen MR) is 86.0 cm³/mol. The van der Waals surface area contributed by atoms with Crippen molar-refractivity contribution in [1.29, 1.82) is 0 Å². The molecule has 5 heteroatoms. The summed E-state index contributed by atoms with van der Waals surface area (Å²) < 4.78 is 5.05. The van der Waals surface area contributed by atoms with Gasteiger partial charge in [-0.2, -0.15) is 11.8 Å². The smallest absolute Gasteiger partial charge is 0.238 e. The molecule has 0 aromatic carbocycles. The molecule has 2 unspecified atom stereocenters. The quantitative estimate of drug-likeness (QED) is 0.607. The number of carbonyl (C=O) groups excluding carboxylic acids is 1. The number of rotatable bonds is 10. The van der Waals surface area contributed by atoms with Crippen molar-refractivity contribution in [2.45, 2.75) is 57.5 Å². The maximum Gasteiger partial charge on any atom is 0.238 e. The van der Waals surface area contributed by atoms with Crippen molar-refractivity contribution < 1.29 is 9.53 Å². The van der Waals surface area contributed by atoms with Crippen molar-refractivity contribution in [2.75, 3.05) is 25.2 Å². The van der Waals surface area contributed by atoms with E-state index in [4.69, 9.17) is 10.5 Å². The van der Waals surface area contributed by atoms with Crippen molar-refractivity contribution in [2.24, 2.45) is 11.7 Å². The Bertz CT molecular complexity index is 300. The van der Waals surface area contributed by atoms with Crippen LogP contribution in [0.1, 0.15) is 46.0 Å². The van der Waals surface area contributed by atoms with Crippen molar-refractivity contribution in [1.82, 2.24) is 5.32 Å². The predicted octanol–water partition coefficient (Wildman–Crippen LogP) is 2.17. The summed E-state index contributed by atoms with van der Waals surface area (Å²) >= 11 is 1.95. The van der Waals surface area contributed by atoms with E-state index in [1.807, 2.05) is 11.8 Å². The van der Waals surface area contributed by atoms with Crippen LogP contribution in [0.15, 0.2) is 0 Å². The molecule has 118 valence electrons. The Morgan fingerprint density at radius 2 is 2.25 bits per heavy atom. The second kappa shape index (κ2) is 8.90. The van der Waals surface area contributed by atoms with Crippen LogP contribution in [-0.4, -0.2) is 42.7 Å². The summed E-state index contributed by atoms with van der Waals surface area (Å²) in [5, 5.41) is 3.46. The summed E-state index contributed by atoms with van der Waals surface area (Å²) in [6.07, 6.45) is 5.26. The third kappa shape index (κ3) is 4.93. The fourth-order valence-electron chi connectivity index (χ4n) is 3.20. The lowest BCUT2D eigenvalue weighted by Gasteiger charge is -2.35. The highest BCUT2D eigenvalue weighted by Gasteiger charge is 2.47. The van der Waals surface area contributed by atoms with Crippen molar-refractivity contribution in [3.05, 3.63) is 0 Å². The molecule has 0 heterocycles. The van der Waals surface area contributed by atoms with Gasteiger partial charge < -0.3 is 15.8 Å². The number of hydrogen-bond acceptors (Lipinski definition) is 4. The number of nitrogens with two attached hydrogens (primary N) is 1. The first-order valence-electron chi connectivity index (χ1n) is 7.67. The SMILES string of the molecule is COCCCSCCC1CCCC1(NC(C)C)C(N)=O. The zero-order valence-electron chi connectivity index (χ0n) is 13.1. The molecule has 4 nitrogen and oxygen atoms in total. The van der Waals surface area contributed by atoms with Crippen molar-refractivity contribution >= 4 is 17.7 Å². The minimum absolute atomic E-state index is 0.168. The Morgan fingerprint density at radius 1 is 1.50 bits per heavy atom. The van der Waals surface area contributed by atoms with E-state index in [1.54, 1.807) is 7.11 Å². The monoisotopic (exact) mass is 302 g/mol. The zero-order chi connectivity index (χ0) is 15.0. The molecule has 3 N–H and O–H groups in total. The number of carbonyl (C=O) groups is 1. The summed E-state index contributed by atoms with van der Waals surface area (Å²) in [6.45, 7) is 5.00. The molecule has 0 saturated heterocycles. The molecule has 0 aliphatic heterocycles. The van der Waals surface area contributed by atoms with Crippen LogP contribution in [0, 0.1) is 5.92 Å². The first-order chi connectivity index (χ1) is 9.53. The van der Waals surface area contributed by atoms with Gasteiger partial charge in [0.1, 0.15) is 5.54 Å². The van der Waals surface area contributed by atoms with Crippen LogP contribution in [0.3, 0.4) is 0 Å². The van der Waals surface area contributed by atoms with E-state index in [0.29, 0.717) is 5.92 Å².